The summed E-state index contributed by atoms with van der Waals surface area (Å²) in [5, 5.41) is 15.8. The number of amides is 3. The van der Waals surface area contributed by atoms with Crippen molar-refractivity contribution in [3.05, 3.63) is 11.1 Å². The van der Waals surface area contributed by atoms with Crippen LogP contribution in [0.1, 0.15) is 47.0 Å². The second-order valence-electron chi connectivity index (χ2n) is 10.9. The Labute approximate surface area is 181 Å². The van der Waals surface area contributed by atoms with Gasteiger partial charge in [0.2, 0.25) is 5.91 Å². The third-order valence-electron chi connectivity index (χ3n) is 7.56. The number of hydrogen-bond acceptors (Lipinski definition) is 4. The van der Waals surface area contributed by atoms with Crippen LogP contribution >= 0.6 is 0 Å². The molecule has 0 spiro atoms. The molecule has 0 aromatic carbocycles. The Balaban J connectivity index is 1.70. The monoisotopic (exact) mass is 434 g/mol. The Morgan fingerprint density at radius 2 is 1.87 bits per heavy atom. The van der Waals surface area contributed by atoms with E-state index in [-0.39, 0.29) is 29.4 Å². The maximum absolute atomic E-state index is 13.3. The highest BCUT2D eigenvalue weighted by atomic mass is 28.3. The molecule has 0 aromatic rings. The first-order valence-electron chi connectivity index (χ1n) is 11.1. The van der Waals surface area contributed by atoms with E-state index in [2.05, 4.69) is 35.3 Å². The zero-order valence-electron chi connectivity index (χ0n) is 19.6. The van der Waals surface area contributed by atoms with Crippen molar-refractivity contribution in [3.63, 3.8) is 0 Å². The fraction of sp³-hybridized carbons (Fsp3) is 0.773. The summed E-state index contributed by atoms with van der Waals surface area (Å²) in [7, 11) is -1.66. The molecule has 2 aliphatic heterocycles. The molecule has 3 aliphatic rings. The minimum Gasteiger partial charge on any atom is -0.391 e. The van der Waals surface area contributed by atoms with Gasteiger partial charge in [-0.2, -0.15) is 0 Å². The minimum absolute atomic E-state index is 0.0826. The molecule has 1 unspecified atom stereocenters. The SMILES string of the molecule is CC(C)C(O)CNC(=O)N1CC2=C(CN=C2NC(=O)C2([Si](C)(C)C)CCC2)C1(C)C. The number of aliphatic hydroxyl groups excluding tert-OH is 1. The number of carbonyl (C=O) groups excluding carboxylic acids is 2. The predicted octanol–water partition coefficient (Wildman–Crippen LogP) is 2.89. The molecule has 1 fully saturated rings. The van der Waals surface area contributed by atoms with Crippen LogP contribution in [-0.2, 0) is 4.79 Å². The average Bonchev–Trinajstić information content (AvgIpc) is 3.08. The van der Waals surface area contributed by atoms with Crippen LogP contribution in [0.5, 0.6) is 0 Å². The first-order chi connectivity index (χ1) is 13.8. The Bertz CT molecular complexity index is 791. The van der Waals surface area contributed by atoms with Crippen molar-refractivity contribution in [2.75, 3.05) is 19.6 Å². The smallest absolute Gasteiger partial charge is 0.318 e. The van der Waals surface area contributed by atoms with Crippen LogP contribution in [0.3, 0.4) is 0 Å². The van der Waals surface area contributed by atoms with Crippen LogP contribution in [0.2, 0.25) is 24.7 Å². The van der Waals surface area contributed by atoms with Gasteiger partial charge >= 0.3 is 6.03 Å². The van der Waals surface area contributed by atoms with E-state index in [0.717, 1.165) is 30.4 Å². The fourth-order valence-electron chi connectivity index (χ4n) is 4.78. The largest absolute Gasteiger partial charge is 0.391 e. The normalized spacial score (nSPS) is 23.1. The second kappa shape index (κ2) is 7.78. The van der Waals surface area contributed by atoms with E-state index in [0.29, 0.717) is 18.9 Å². The van der Waals surface area contributed by atoms with Crippen LogP contribution in [0, 0.1) is 5.92 Å². The molecule has 30 heavy (non-hydrogen) atoms. The van der Waals surface area contributed by atoms with Crippen molar-refractivity contribution >= 4 is 25.8 Å². The molecule has 168 valence electrons. The molecule has 1 saturated carbocycles. The summed E-state index contributed by atoms with van der Waals surface area (Å²) in [6, 6.07) is -0.197. The first-order valence-corrected chi connectivity index (χ1v) is 14.6. The fourth-order valence-corrected chi connectivity index (χ4v) is 7.38. The van der Waals surface area contributed by atoms with Gasteiger partial charge < -0.3 is 20.6 Å². The summed E-state index contributed by atoms with van der Waals surface area (Å²) < 4.78 is 0. The van der Waals surface area contributed by atoms with E-state index in [1.165, 1.54) is 0 Å². The van der Waals surface area contributed by atoms with Gasteiger partial charge in [-0.25, -0.2) is 4.79 Å². The minimum atomic E-state index is -1.66. The zero-order valence-corrected chi connectivity index (χ0v) is 20.6. The number of urea groups is 1. The first kappa shape index (κ1) is 23.0. The topological polar surface area (TPSA) is 94.0 Å². The molecule has 1 atom stereocenters. The van der Waals surface area contributed by atoms with Crippen LogP contribution < -0.4 is 10.6 Å². The van der Waals surface area contributed by atoms with Gasteiger partial charge in [0.1, 0.15) is 5.84 Å². The van der Waals surface area contributed by atoms with Crippen LogP contribution in [-0.4, -0.2) is 67.1 Å². The highest BCUT2D eigenvalue weighted by Gasteiger charge is 2.54. The quantitative estimate of drug-likeness (QED) is 0.581. The lowest BCUT2D eigenvalue weighted by Crippen LogP contribution is -2.55. The van der Waals surface area contributed by atoms with Gasteiger partial charge in [0, 0.05) is 17.2 Å². The molecular weight excluding hydrogens is 396 g/mol. The molecule has 8 heteroatoms. The standard InChI is InChI=1S/C22H38N4O3Si/c1-14(2)17(27)12-24-20(29)26-13-15-16(21(26,3)4)11-23-18(15)25-19(28)22(9-8-10-22)30(5,6)7/h14,17,27H,8-13H2,1-7H3,(H,24,29)(H,23,25,28). The Hall–Kier alpha value is -1.67. The molecule has 0 radical (unpaired) electrons. The molecular formula is C22H38N4O3Si. The highest BCUT2D eigenvalue weighted by Crippen LogP contribution is 2.55. The lowest BCUT2D eigenvalue weighted by atomic mass is 9.83. The molecule has 2 heterocycles. The zero-order chi connectivity index (χ0) is 22.5. The molecule has 3 amide bonds. The number of nitrogens with zero attached hydrogens (tertiary/aromatic N) is 2. The molecule has 1 aliphatic carbocycles. The summed E-state index contributed by atoms with van der Waals surface area (Å²) in [5.74, 6) is 0.838. The summed E-state index contributed by atoms with van der Waals surface area (Å²) in [5.41, 5.74) is 1.58. The predicted molar refractivity (Wildman–Crippen MR) is 122 cm³/mol. The molecule has 0 saturated heterocycles. The van der Waals surface area contributed by atoms with Crippen molar-refractivity contribution in [2.45, 2.75) is 83.3 Å². The Kier molecular flexibility index (Phi) is 5.97. The van der Waals surface area contributed by atoms with E-state index in [1.54, 1.807) is 4.90 Å². The van der Waals surface area contributed by atoms with Gasteiger partial charge in [0.25, 0.3) is 0 Å². The van der Waals surface area contributed by atoms with Gasteiger partial charge in [0.05, 0.1) is 32.8 Å². The van der Waals surface area contributed by atoms with Crippen LogP contribution in [0.25, 0.3) is 0 Å². The van der Waals surface area contributed by atoms with E-state index < -0.39 is 19.7 Å². The molecule has 0 aromatic heterocycles. The van der Waals surface area contributed by atoms with Crippen LogP contribution in [0.15, 0.2) is 16.1 Å². The number of aliphatic imine (C=N–C) groups is 1. The summed E-state index contributed by atoms with van der Waals surface area (Å²) in [6.45, 7) is 15.8. The summed E-state index contributed by atoms with van der Waals surface area (Å²) in [6.07, 6.45) is 2.47. The van der Waals surface area contributed by atoms with Crippen molar-refractivity contribution in [2.24, 2.45) is 10.9 Å². The number of amidine groups is 1. The molecule has 3 rings (SSSR count). The van der Waals surface area contributed by atoms with Crippen molar-refractivity contribution < 1.29 is 14.7 Å². The van der Waals surface area contributed by atoms with E-state index >= 15 is 0 Å². The number of aliphatic hydroxyl groups is 1. The molecule has 0 bridgehead atoms. The van der Waals surface area contributed by atoms with Gasteiger partial charge in [-0.05, 0) is 38.2 Å². The number of carbonyl (C=O) groups is 2. The van der Waals surface area contributed by atoms with Crippen LogP contribution in [0.4, 0.5) is 4.79 Å². The van der Waals surface area contributed by atoms with E-state index in [9.17, 15) is 14.7 Å². The van der Waals surface area contributed by atoms with E-state index in [1.807, 2.05) is 27.7 Å². The number of nitrogens with one attached hydrogen (secondary N) is 2. The van der Waals surface area contributed by atoms with Crippen molar-refractivity contribution in [3.8, 4) is 0 Å². The van der Waals surface area contributed by atoms with Gasteiger partial charge in [0.15, 0.2) is 0 Å². The highest BCUT2D eigenvalue weighted by molar-refractivity contribution is 6.82. The third-order valence-corrected chi connectivity index (χ3v) is 11.2. The third kappa shape index (κ3) is 3.73. The number of hydrogen-bond donors (Lipinski definition) is 3. The van der Waals surface area contributed by atoms with E-state index in [4.69, 9.17) is 0 Å². The van der Waals surface area contributed by atoms with Crippen molar-refractivity contribution in [1.29, 1.82) is 0 Å². The lowest BCUT2D eigenvalue weighted by Gasteiger charge is -2.49. The van der Waals surface area contributed by atoms with Gasteiger partial charge in [-0.1, -0.05) is 39.9 Å². The van der Waals surface area contributed by atoms with Gasteiger partial charge in [-0.3, -0.25) is 9.79 Å². The Morgan fingerprint density at radius 3 is 2.37 bits per heavy atom. The lowest BCUT2D eigenvalue weighted by molar-refractivity contribution is -0.125. The van der Waals surface area contributed by atoms with Crippen molar-refractivity contribution in [1.82, 2.24) is 15.5 Å². The number of rotatable bonds is 5. The summed E-state index contributed by atoms with van der Waals surface area (Å²) in [4.78, 5) is 32.5. The maximum atomic E-state index is 13.3. The Morgan fingerprint density at radius 1 is 1.23 bits per heavy atom. The maximum Gasteiger partial charge on any atom is 0.318 e. The van der Waals surface area contributed by atoms with Gasteiger partial charge in [-0.15, -0.1) is 0 Å². The summed E-state index contributed by atoms with van der Waals surface area (Å²) >= 11 is 0. The molecule has 7 nitrogen and oxygen atoms in total. The second-order valence-corrected chi connectivity index (χ2v) is 16.4. The molecule has 3 N–H and O–H groups in total. The average molecular weight is 435 g/mol.